The van der Waals surface area contributed by atoms with Crippen molar-refractivity contribution in [1.82, 2.24) is 29.4 Å². The van der Waals surface area contributed by atoms with Gasteiger partial charge in [0.15, 0.2) is 0 Å². The van der Waals surface area contributed by atoms with Gasteiger partial charge in [-0.2, -0.15) is 15.2 Å². The summed E-state index contributed by atoms with van der Waals surface area (Å²) in [5.74, 6) is 5.44. The van der Waals surface area contributed by atoms with Crippen LogP contribution in [0, 0.1) is 53.3 Å². The number of fused-ring (bicyclic) bond motifs is 2. The highest BCUT2D eigenvalue weighted by Gasteiger charge is 2.42. The molecule has 2 aliphatic carbocycles. The first-order valence-electron chi connectivity index (χ1n) is 19.3. The van der Waals surface area contributed by atoms with E-state index in [9.17, 15) is 29.7 Å². The number of hydrogen-bond donors (Lipinski definition) is 4. The van der Waals surface area contributed by atoms with Gasteiger partial charge in [-0.25, -0.2) is 9.59 Å². The third kappa shape index (κ3) is 6.39. The molecule has 2 aliphatic heterocycles. The van der Waals surface area contributed by atoms with Crippen molar-refractivity contribution in [2.45, 2.75) is 77.9 Å². The fraction of sp³-hybridized carbons (Fsp3) is 0.550. The number of nitrogens with zero attached hydrogens (tertiary/aromatic N) is 7. The highest BCUT2D eigenvalue weighted by molar-refractivity contribution is 5.88. The van der Waals surface area contributed by atoms with Crippen LogP contribution in [0.1, 0.15) is 69.2 Å². The second-order valence-electron chi connectivity index (χ2n) is 17.2. The molecule has 4 fully saturated rings. The summed E-state index contributed by atoms with van der Waals surface area (Å²) in [6.45, 7) is 13.2. The van der Waals surface area contributed by atoms with Crippen LogP contribution in [-0.2, 0) is 0 Å². The zero-order valence-electron chi connectivity index (χ0n) is 31.9. The van der Waals surface area contributed by atoms with E-state index in [1.165, 1.54) is 0 Å². The van der Waals surface area contributed by atoms with Crippen molar-refractivity contribution in [3.8, 4) is 12.1 Å². The number of nitrogens with two attached hydrogens (primary N) is 1. The summed E-state index contributed by atoms with van der Waals surface area (Å²) in [5, 5.41) is 28.0. The molecule has 2 saturated carbocycles. The fourth-order valence-corrected chi connectivity index (χ4v) is 9.10. The van der Waals surface area contributed by atoms with Crippen LogP contribution < -0.4 is 48.8 Å². The van der Waals surface area contributed by atoms with Crippen LogP contribution >= 0.6 is 0 Å². The van der Waals surface area contributed by atoms with E-state index in [2.05, 4.69) is 51.4 Å². The molecule has 0 radical (unpaired) electrons. The molecule has 288 valence electrons. The van der Waals surface area contributed by atoms with E-state index in [-0.39, 0.29) is 46.6 Å². The summed E-state index contributed by atoms with van der Waals surface area (Å²) in [7, 11) is 0. The van der Waals surface area contributed by atoms with Gasteiger partial charge < -0.3 is 26.3 Å². The Morgan fingerprint density at radius 2 is 1.38 bits per heavy atom. The molecule has 4 aliphatic rings. The van der Waals surface area contributed by atoms with Gasteiger partial charge in [0.25, 0.3) is 11.1 Å². The topological polar surface area (TPSA) is 203 Å². The lowest BCUT2D eigenvalue weighted by atomic mass is 9.80. The summed E-state index contributed by atoms with van der Waals surface area (Å²) >= 11 is 0. The lowest BCUT2D eigenvalue weighted by Crippen LogP contribution is -2.61. The molecule has 55 heavy (non-hydrogen) atoms. The van der Waals surface area contributed by atoms with Gasteiger partial charge in [0.1, 0.15) is 0 Å². The summed E-state index contributed by atoms with van der Waals surface area (Å²) in [6, 6.07) is 12.1. The van der Waals surface area contributed by atoms with Gasteiger partial charge in [-0.3, -0.25) is 23.7 Å². The Kier molecular flexibility index (Phi) is 8.93. The number of benzene rings is 2. The van der Waals surface area contributed by atoms with E-state index in [0.29, 0.717) is 40.6 Å². The zero-order valence-corrected chi connectivity index (χ0v) is 31.9. The van der Waals surface area contributed by atoms with E-state index >= 15 is 0 Å². The van der Waals surface area contributed by atoms with Crippen molar-refractivity contribution in [2.24, 2.45) is 16.7 Å². The molecule has 8 rings (SSSR count). The molecule has 4 aromatic rings. The van der Waals surface area contributed by atoms with E-state index in [1.54, 1.807) is 15.2 Å². The fourth-order valence-electron chi connectivity index (χ4n) is 9.10. The largest absolute Gasteiger partial charge is 0.370 e. The number of rotatable bonds is 13. The van der Waals surface area contributed by atoms with E-state index in [4.69, 9.17) is 5.84 Å². The number of nitrogens with one attached hydrogen (secondary N) is 3. The molecule has 2 saturated heterocycles. The molecule has 0 spiro atoms. The molecule has 15 nitrogen and oxygen atoms in total. The Balaban J connectivity index is 0.875. The van der Waals surface area contributed by atoms with Gasteiger partial charge >= 0.3 is 11.4 Å². The monoisotopic (exact) mass is 747 g/mol. The molecule has 2 atom stereocenters. The lowest BCUT2D eigenvalue weighted by molar-refractivity contribution is 0.208. The Morgan fingerprint density at radius 3 is 1.95 bits per heavy atom. The minimum Gasteiger partial charge on any atom is -0.370 e. The zero-order chi connectivity index (χ0) is 39.0. The predicted octanol–water partition coefficient (Wildman–Crippen LogP) is 2.12. The van der Waals surface area contributed by atoms with Gasteiger partial charge in [0.05, 0.1) is 46.3 Å². The number of aromatic nitrogens is 4. The normalized spacial score (nSPS) is 19.7. The molecule has 5 N–H and O–H groups in total. The minimum atomic E-state index is -0.484. The molecule has 0 amide bonds. The molecule has 0 bridgehead atoms. The first-order chi connectivity index (χ1) is 26.3. The van der Waals surface area contributed by atoms with E-state index in [1.807, 2.05) is 32.0 Å². The number of aryl methyl sites for hydroxylation is 2. The number of hydrogen-bond acceptors (Lipinski definition) is 11. The van der Waals surface area contributed by atoms with Crippen molar-refractivity contribution < 1.29 is 0 Å². The molecule has 2 aromatic heterocycles. The summed E-state index contributed by atoms with van der Waals surface area (Å²) in [4.78, 5) is 58.2. The van der Waals surface area contributed by atoms with Gasteiger partial charge in [-0.15, -0.1) is 0 Å². The van der Waals surface area contributed by atoms with Crippen molar-refractivity contribution in [1.29, 1.82) is 10.5 Å². The van der Waals surface area contributed by atoms with Crippen molar-refractivity contribution >= 4 is 33.2 Å². The highest BCUT2D eigenvalue weighted by atomic mass is 16.2. The van der Waals surface area contributed by atoms with Crippen molar-refractivity contribution in [3.63, 3.8) is 0 Å². The third-order valence-corrected chi connectivity index (χ3v) is 12.3. The third-order valence-electron chi connectivity index (χ3n) is 12.3. The quantitative estimate of drug-likeness (QED) is 0.146. The molecule has 2 aromatic carbocycles. The summed E-state index contributed by atoms with van der Waals surface area (Å²) in [6.07, 6.45) is 3.85. The first-order valence-corrected chi connectivity index (χ1v) is 19.3. The number of nitrogen functional groups attached to an aromatic ring is 1. The Hall–Kier alpha value is -5.38. The average Bonchev–Trinajstić information content (AvgIpc) is 4.06. The van der Waals surface area contributed by atoms with Crippen LogP contribution in [-0.4, -0.2) is 70.6 Å². The van der Waals surface area contributed by atoms with Crippen LogP contribution in [0.15, 0.2) is 43.4 Å². The summed E-state index contributed by atoms with van der Waals surface area (Å²) < 4.78 is 4.16. The number of H-pyrrole nitrogens is 1. The number of aromatic amines is 1. The first kappa shape index (κ1) is 36.6. The van der Waals surface area contributed by atoms with Crippen molar-refractivity contribution in [3.05, 3.63) is 77.1 Å². The Bertz CT molecular complexity index is 2530. The summed E-state index contributed by atoms with van der Waals surface area (Å²) in [5.41, 5.74) is 3.40. The minimum absolute atomic E-state index is 0.0547. The Labute approximate surface area is 317 Å². The van der Waals surface area contributed by atoms with Crippen LogP contribution in [0.5, 0.6) is 0 Å². The molecule has 2 unspecified atom stereocenters. The number of nitriles is 2. The van der Waals surface area contributed by atoms with Crippen LogP contribution in [0.3, 0.4) is 0 Å². The maximum absolute atomic E-state index is 13.0. The number of anilines is 2. The van der Waals surface area contributed by atoms with Gasteiger partial charge in [-0.05, 0) is 74.9 Å². The lowest BCUT2D eigenvalue weighted by Gasteiger charge is -2.51. The van der Waals surface area contributed by atoms with Crippen LogP contribution in [0.2, 0.25) is 0 Å². The average molecular weight is 748 g/mol. The second-order valence-corrected chi connectivity index (χ2v) is 17.2. The SMILES string of the molecule is Cc1c(N2CC(C)(CNC(CC#N)C(C#N)CNCC3(C)CN(c4ccc5c(=O)n(N)c(=O)n(C6CC6)c5c4C)C3)C2)ccc2c(=O)[nH]c(=O)n(C3CC3)c12. The maximum Gasteiger partial charge on any atom is 0.350 e. The second kappa shape index (κ2) is 13.4. The van der Waals surface area contributed by atoms with E-state index in [0.717, 1.165) is 79.9 Å². The molecular weight excluding hydrogens is 699 g/mol. The molecule has 15 heteroatoms. The van der Waals surface area contributed by atoms with Gasteiger partial charge in [0, 0.05) is 86.1 Å². The van der Waals surface area contributed by atoms with Crippen molar-refractivity contribution in [2.75, 3.05) is 61.5 Å². The van der Waals surface area contributed by atoms with E-state index < -0.39 is 17.2 Å². The van der Waals surface area contributed by atoms with Gasteiger partial charge in [0.2, 0.25) is 0 Å². The smallest absolute Gasteiger partial charge is 0.350 e. The van der Waals surface area contributed by atoms with Crippen LogP contribution in [0.4, 0.5) is 11.4 Å². The molecular formula is C40H49N11O4. The molecule has 4 heterocycles. The van der Waals surface area contributed by atoms with Crippen LogP contribution in [0.25, 0.3) is 21.8 Å². The highest BCUT2D eigenvalue weighted by Crippen LogP contribution is 2.42. The maximum atomic E-state index is 13.0. The standard InChI is InChI=1S/C40H49N11O4/c1-23-31(11-9-28-33(23)49(26-5-6-26)37(54)46-35(28)52)48-21-40(4,22-48)18-45-30(13-14-41)25(15-42)16-44-17-39(3)19-47(20-39)32-12-10-29-34(24(32)2)50(27-7-8-27)38(55)51(43)36(29)53/h9-12,25-27,30,44-45H,5-8,13,16-22,43H2,1-4H3,(H,46,52,54). The van der Waals surface area contributed by atoms with Gasteiger partial charge in [-0.1, -0.05) is 13.8 Å². The predicted molar refractivity (Wildman–Crippen MR) is 212 cm³/mol. The Morgan fingerprint density at radius 1 is 0.836 bits per heavy atom.